The number of rotatable bonds is 16. The van der Waals surface area contributed by atoms with Gasteiger partial charge < -0.3 is 35.4 Å². The van der Waals surface area contributed by atoms with Crippen LogP contribution in [0.4, 0.5) is 0 Å². The third-order valence-electron chi connectivity index (χ3n) is 8.09. The standard InChI is InChI=1S/C35H49N3O7S/c1-7-17-38(5)18-16-36-34(43)35(3,4)37-28(39)15-20-44-19-14-24-9-11-25(12-10-24)21-27-22-26(13-8-23(27)2)32-30(41)29(40)31(42)33(45-32)46-6/h1,8-13,22,29-33,40-42H,14-21H2,2-6H3,(H,36,43)(H,37,39)/t29-,30-,31+,32+,33-/m1/s1. The number of hydrogen-bond acceptors (Lipinski definition) is 9. The number of benzene rings is 2. The smallest absolute Gasteiger partial charge is 0.245 e. The minimum atomic E-state index is -1.29. The van der Waals surface area contributed by atoms with E-state index in [0.717, 1.165) is 27.8 Å². The van der Waals surface area contributed by atoms with Gasteiger partial charge in [-0.2, -0.15) is 0 Å². The number of nitrogens with one attached hydrogen (secondary N) is 2. The molecule has 0 saturated carbocycles. The number of thioether (sulfide) groups is 1. The largest absolute Gasteiger partial charge is 0.387 e. The van der Waals surface area contributed by atoms with Gasteiger partial charge in [-0.3, -0.25) is 14.5 Å². The molecule has 0 aliphatic carbocycles. The van der Waals surface area contributed by atoms with Crippen molar-refractivity contribution < 1.29 is 34.4 Å². The van der Waals surface area contributed by atoms with E-state index in [-0.39, 0.29) is 24.8 Å². The lowest BCUT2D eigenvalue weighted by Crippen LogP contribution is -2.55. The third kappa shape index (κ3) is 10.8. The zero-order chi connectivity index (χ0) is 33.9. The average molecular weight is 656 g/mol. The number of nitrogens with zero attached hydrogens (tertiary/aromatic N) is 1. The number of carbonyl (C=O) groups excluding carboxylic acids is 2. The molecule has 1 fully saturated rings. The van der Waals surface area contributed by atoms with Crippen LogP contribution in [0.5, 0.6) is 0 Å². The Hall–Kier alpha value is -2.95. The summed E-state index contributed by atoms with van der Waals surface area (Å²) in [5.41, 5.74) is 3.50. The van der Waals surface area contributed by atoms with Gasteiger partial charge >= 0.3 is 0 Å². The van der Waals surface area contributed by atoms with E-state index in [1.165, 1.54) is 11.8 Å². The summed E-state index contributed by atoms with van der Waals surface area (Å²) in [6, 6.07) is 14.1. The van der Waals surface area contributed by atoms with E-state index in [4.69, 9.17) is 15.9 Å². The number of aliphatic hydroxyl groups excluding tert-OH is 3. The molecule has 0 bridgehead atoms. The Labute approximate surface area is 277 Å². The molecule has 0 aromatic heterocycles. The van der Waals surface area contributed by atoms with Crippen LogP contribution in [-0.4, -0.2) is 107 Å². The number of aliphatic hydroxyl groups is 3. The minimum absolute atomic E-state index is 0.152. The predicted molar refractivity (Wildman–Crippen MR) is 180 cm³/mol. The Morgan fingerprint density at radius 3 is 2.43 bits per heavy atom. The molecule has 2 aromatic rings. The van der Waals surface area contributed by atoms with Crippen molar-refractivity contribution in [1.82, 2.24) is 15.5 Å². The second kappa shape index (κ2) is 17.8. The molecule has 2 aromatic carbocycles. The Kier molecular flexibility index (Phi) is 14.5. The first-order chi connectivity index (χ1) is 21.9. The van der Waals surface area contributed by atoms with Crippen LogP contribution in [0, 0.1) is 19.3 Å². The van der Waals surface area contributed by atoms with Crippen molar-refractivity contribution in [2.45, 2.75) is 75.4 Å². The van der Waals surface area contributed by atoms with Gasteiger partial charge in [0, 0.05) is 19.5 Å². The second-order valence-corrected chi connectivity index (χ2v) is 13.2. The lowest BCUT2D eigenvalue weighted by atomic mass is 9.91. The number of terminal acetylenes is 1. The van der Waals surface area contributed by atoms with Gasteiger partial charge in [0.2, 0.25) is 11.8 Å². The highest BCUT2D eigenvalue weighted by molar-refractivity contribution is 7.99. The maximum atomic E-state index is 12.5. The summed E-state index contributed by atoms with van der Waals surface area (Å²) >= 11 is 1.30. The summed E-state index contributed by atoms with van der Waals surface area (Å²) < 4.78 is 11.6. The quantitative estimate of drug-likeness (QED) is 0.136. The fraction of sp³-hybridized carbons (Fsp3) is 0.543. The van der Waals surface area contributed by atoms with Crippen molar-refractivity contribution >= 4 is 23.6 Å². The first-order valence-corrected chi connectivity index (χ1v) is 16.8. The molecule has 0 radical (unpaired) electrons. The van der Waals surface area contributed by atoms with Gasteiger partial charge in [-0.1, -0.05) is 48.4 Å². The summed E-state index contributed by atoms with van der Waals surface area (Å²) in [6.45, 7) is 7.63. The van der Waals surface area contributed by atoms with Crippen LogP contribution < -0.4 is 10.6 Å². The van der Waals surface area contributed by atoms with Crippen molar-refractivity contribution in [2.24, 2.45) is 0 Å². The molecule has 1 aliphatic rings. The maximum absolute atomic E-state index is 12.5. The molecule has 2 amide bonds. The molecule has 1 aliphatic heterocycles. The molecular weight excluding hydrogens is 606 g/mol. The van der Waals surface area contributed by atoms with E-state index in [2.05, 4.69) is 40.8 Å². The van der Waals surface area contributed by atoms with E-state index in [1.54, 1.807) is 20.1 Å². The monoisotopic (exact) mass is 655 g/mol. The van der Waals surface area contributed by atoms with Crippen LogP contribution in [0.15, 0.2) is 42.5 Å². The molecule has 0 unspecified atom stereocenters. The third-order valence-corrected chi connectivity index (χ3v) is 8.94. The number of carbonyl (C=O) groups is 2. The molecule has 46 heavy (non-hydrogen) atoms. The van der Waals surface area contributed by atoms with Crippen molar-refractivity contribution in [2.75, 3.05) is 46.2 Å². The lowest BCUT2D eigenvalue weighted by molar-refractivity contribution is -0.200. The lowest BCUT2D eigenvalue weighted by Gasteiger charge is -2.40. The SMILES string of the molecule is C#CCN(C)CCNC(=O)C(C)(C)NC(=O)CCOCCc1ccc(Cc2cc([C@@H]3O[C@H](SC)[C@@H](O)[C@H](O)[C@H]3O)ccc2C)cc1. The highest BCUT2D eigenvalue weighted by Crippen LogP contribution is 2.36. The van der Waals surface area contributed by atoms with Gasteiger partial charge in [-0.05, 0) is 74.7 Å². The minimum Gasteiger partial charge on any atom is -0.387 e. The van der Waals surface area contributed by atoms with Crippen LogP contribution in [0.1, 0.15) is 54.2 Å². The molecule has 1 heterocycles. The Balaban J connectivity index is 1.42. The van der Waals surface area contributed by atoms with E-state index in [1.807, 2.05) is 37.1 Å². The Bertz CT molecular complexity index is 1330. The number of ether oxygens (including phenoxy) is 2. The summed E-state index contributed by atoms with van der Waals surface area (Å²) in [6.07, 6.45) is 4.20. The fourth-order valence-electron chi connectivity index (χ4n) is 5.16. The number of hydrogen-bond donors (Lipinski definition) is 5. The number of likely N-dealkylation sites (N-methyl/N-ethyl adjacent to an activating group) is 1. The molecule has 5 atom stereocenters. The first-order valence-electron chi connectivity index (χ1n) is 15.5. The van der Waals surface area contributed by atoms with Crippen molar-refractivity contribution in [3.05, 3.63) is 70.3 Å². The zero-order valence-corrected chi connectivity index (χ0v) is 28.3. The maximum Gasteiger partial charge on any atom is 0.245 e. The van der Waals surface area contributed by atoms with Gasteiger partial charge in [0.15, 0.2) is 0 Å². The number of aryl methyl sites for hydroxylation is 1. The molecule has 252 valence electrons. The normalized spacial score (nSPS) is 21.5. The van der Waals surface area contributed by atoms with Crippen LogP contribution in [0.2, 0.25) is 0 Å². The predicted octanol–water partition coefficient (Wildman–Crippen LogP) is 1.95. The number of amides is 2. The van der Waals surface area contributed by atoms with Crippen LogP contribution in [-0.2, 0) is 31.9 Å². The molecular formula is C35H49N3O7S. The van der Waals surface area contributed by atoms with Crippen molar-refractivity contribution in [3.63, 3.8) is 0 Å². The Morgan fingerprint density at radius 1 is 1.07 bits per heavy atom. The molecule has 0 spiro atoms. The summed E-state index contributed by atoms with van der Waals surface area (Å²) in [4.78, 5) is 26.8. The van der Waals surface area contributed by atoms with Crippen molar-refractivity contribution in [1.29, 1.82) is 0 Å². The van der Waals surface area contributed by atoms with Gasteiger partial charge in [0.25, 0.3) is 0 Å². The molecule has 11 heteroatoms. The van der Waals surface area contributed by atoms with E-state index in [9.17, 15) is 24.9 Å². The fourth-order valence-corrected chi connectivity index (χ4v) is 5.83. The summed E-state index contributed by atoms with van der Waals surface area (Å²) in [5, 5.41) is 36.8. The zero-order valence-electron chi connectivity index (χ0n) is 27.5. The molecule has 1 saturated heterocycles. The van der Waals surface area contributed by atoms with Gasteiger partial charge in [-0.25, -0.2) is 0 Å². The van der Waals surface area contributed by atoms with Crippen LogP contribution in [0.25, 0.3) is 0 Å². The van der Waals surface area contributed by atoms with E-state index in [0.29, 0.717) is 39.1 Å². The average Bonchev–Trinajstić information content (AvgIpc) is 3.01. The molecule has 3 rings (SSSR count). The van der Waals surface area contributed by atoms with E-state index < -0.39 is 35.4 Å². The van der Waals surface area contributed by atoms with Crippen molar-refractivity contribution in [3.8, 4) is 12.3 Å². The summed E-state index contributed by atoms with van der Waals surface area (Å²) in [7, 11) is 1.88. The topological polar surface area (TPSA) is 141 Å². The second-order valence-electron chi connectivity index (χ2n) is 12.3. The highest BCUT2D eigenvalue weighted by atomic mass is 32.2. The Morgan fingerprint density at radius 2 is 1.76 bits per heavy atom. The van der Waals surface area contributed by atoms with Gasteiger partial charge in [0.1, 0.15) is 35.4 Å². The van der Waals surface area contributed by atoms with E-state index >= 15 is 0 Å². The molecule has 5 N–H and O–H groups in total. The summed E-state index contributed by atoms with van der Waals surface area (Å²) in [5.74, 6) is 2.04. The molecule has 10 nitrogen and oxygen atoms in total. The first kappa shape index (κ1) is 37.5. The highest BCUT2D eigenvalue weighted by Gasteiger charge is 2.44. The van der Waals surface area contributed by atoms with Crippen LogP contribution >= 0.6 is 11.8 Å². The van der Waals surface area contributed by atoms with Gasteiger partial charge in [0.05, 0.1) is 19.8 Å². The van der Waals surface area contributed by atoms with Gasteiger partial charge in [-0.15, -0.1) is 18.2 Å². The van der Waals surface area contributed by atoms with Crippen LogP contribution in [0.3, 0.4) is 0 Å².